The third-order valence-electron chi connectivity index (χ3n) is 6.66. The number of hydrogen-bond acceptors (Lipinski definition) is 3. The topological polar surface area (TPSA) is 24.5 Å². The Labute approximate surface area is 153 Å². The largest absolute Gasteiger partial charge is 0.490 e. The van der Waals surface area contributed by atoms with E-state index in [4.69, 9.17) is 4.74 Å². The van der Waals surface area contributed by atoms with Gasteiger partial charge >= 0.3 is 0 Å². The number of piperidine rings is 2. The zero-order chi connectivity index (χ0) is 17.1. The molecule has 1 N–H and O–H groups in total. The van der Waals surface area contributed by atoms with Crippen molar-refractivity contribution in [3.8, 4) is 5.75 Å². The molecule has 0 bridgehead atoms. The summed E-state index contributed by atoms with van der Waals surface area (Å²) in [5.74, 6) is 2.47. The first-order chi connectivity index (χ1) is 12.3. The summed E-state index contributed by atoms with van der Waals surface area (Å²) in [5, 5.41) is 3.55. The first-order valence-corrected chi connectivity index (χ1v) is 10.6. The molecule has 3 heteroatoms. The monoisotopic (exact) mass is 342 g/mol. The van der Waals surface area contributed by atoms with Crippen LogP contribution in [0.5, 0.6) is 5.75 Å². The summed E-state index contributed by atoms with van der Waals surface area (Å²) < 4.78 is 6.64. The van der Waals surface area contributed by atoms with Gasteiger partial charge in [-0.25, -0.2) is 0 Å². The van der Waals surface area contributed by atoms with Crippen molar-refractivity contribution in [2.45, 2.75) is 69.9 Å². The van der Waals surface area contributed by atoms with Crippen molar-refractivity contribution in [2.24, 2.45) is 5.92 Å². The number of rotatable bonds is 5. The minimum atomic E-state index is 0.345. The Morgan fingerprint density at radius 3 is 2.92 bits per heavy atom. The van der Waals surface area contributed by atoms with E-state index in [9.17, 15) is 0 Å². The Balaban J connectivity index is 1.48. The molecular formula is C22H34N2O. The minimum Gasteiger partial charge on any atom is -0.490 e. The molecule has 4 rings (SSSR count). The van der Waals surface area contributed by atoms with Crippen molar-refractivity contribution in [2.75, 3.05) is 26.2 Å². The van der Waals surface area contributed by atoms with Crippen LogP contribution in [0.1, 0.15) is 63.4 Å². The van der Waals surface area contributed by atoms with Crippen molar-refractivity contribution >= 4 is 0 Å². The van der Waals surface area contributed by atoms with Gasteiger partial charge in [-0.2, -0.15) is 0 Å². The van der Waals surface area contributed by atoms with Gasteiger partial charge in [0, 0.05) is 31.0 Å². The average Bonchev–Trinajstić information content (AvgIpc) is 3.11. The fourth-order valence-electron chi connectivity index (χ4n) is 5.28. The molecule has 1 aromatic rings. The Hall–Kier alpha value is -1.06. The lowest BCUT2D eigenvalue weighted by atomic mass is 9.91. The first-order valence-electron chi connectivity index (χ1n) is 10.6. The lowest BCUT2D eigenvalue weighted by Crippen LogP contribution is -2.39. The molecule has 4 atom stereocenters. The molecule has 0 saturated carbocycles. The van der Waals surface area contributed by atoms with Gasteiger partial charge in [-0.1, -0.05) is 31.5 Å². The second-order valence-corrected chi connectivity index (χ2v) is 8.29. The van der Waals surface area contributed by atoms with Crippen LogP contribution in [0.25, 0.3) is 0 Å². The Morgan fingerprint density at radius 1 is 1.20 bits per heavy atom. The van der Waals surface area contributed by atoms with Crippen LogP contribution in [0.15, 0.2) is 24.3 Å². The molecular weight excluding hydrogens is 308 g/mol. The summed E-state index contributed by atoms with van der Waals surface area (Å²) in [5.41, 5.74) is 1.46. The molecule has 0 radical (unpaired) electrons. The van der Waals surface area contributed by atoms with Crippen LogP contribution in [0.4, 0.5) is 0 Å². The third-order valence-corrected chi connectivity index (χ3v) is 6.66. The fourth-order valence-corrected chi connectivity index (χ4v) is 5.28. The molecule has 4 unspecified atom stereocenters. The average molecular weight is 343 g/mol. The van der Waals surface area contributed by atoms with Gasteiger partial charge in [0.05, 0.1) is 0 Å². The van der Waals surface area contributed by atoms with Crippen molar-refractivity contribution < 1.29 is 4.74 Å². The van der Waals surface area contributed by atoms with Crippen LogP contribution >= 0.6 is 0 Å². The number of nitrogens with one attached hydrogen (secondary N) is 1. The van der Waals surface area contributed by atoms with E-state index >= 15 is 0 Å². The zero-order valence-electron chi connectivity index (χ0n) is 15.8. The second-order valence-electron chi connectivity index (χ2n) is 8.29. The second kappa shape index (κ2) is 8.09. The van der Waals surface area contributed by atoms with E-state index in [2.05, 4.69) is 41.4 Å². The molecule has 3 saturated heterocycles. The summed E-state index contributed by atoms with van der Waals surface area (Å²) in [6.45, 7) is 7.09. The molecule has 3 fully saturated rings. The summed E-state index contributed by atoms with van der Waals surface area (Å²) in [6.07, 6.45) is 9.54. The fraction of sp³-hybridized carbons (Fsp3) is 0.727. The van der Waals surface area contributed by atoms with Crippen molar-refractivity contribution in [1.29, 1.82) is 0 Å². The van der Waals surface area contributed by atoms with Gasteiger partial charge < -0.3 is 10.1 Å². The minimum absolute atomic E-state index is 0.345. The van der Waals surface area contributed by atoms with Crippen molar-refractivity contribution in [1.82, 2.24) is 10.2 Å². The predicted octanol–water partition coefficient (Wildman–Crippen LogP) is 4.19. The highest BCUT2D eigenvalue weighted by molar-refractivity contribution is 5.37. The number of fused-ring (bicyclic) bond motifs is 1. The van der Waals surface area contributed by atoms with Crippen LogP contribution in [-0.4, -0.2) is 43.2 Å². The standard InChI is InChI=1S/C22H34N2O/c1-2-21(17-8-7-12-23-15-17)25-22-11-4-3-10-20(22)18-14-19-9-5-6-13-24(19)16-18/h3-4,10-11,17-19,21,23H,2,5-9,12-16H2,1H3. The lowest BCUT2D eigenvalue weighted by Gasteiger charge is -2.31. The molecule has 25 heavy (non-hydrogen) atoms. The first kappa shape index (κ1) is 17.4. The van der Waals surface area contributed by atoms with Crippen LogP contribution < -0.4 is 10.1 Å². The zero-order valence-corrected chi connectivity index (χ0v) is 15.8. The molecule has 3 nitrogen and oxygen atoms in total. The number of benzene rings is 1. The van der Waals surface area contributed by atoms with Crippen LogP contribution in [-0.2, 0) is 0 Å². The molecule has 0 aromatic heterocycles. The van der Waals surface area contributed by atoms with E-state index in [1.54, 1.807) is 0 Å². The third kappa shape index (κ3) is 3.88. The Bertz CT molecular complexity index is 541. The Morgan fingerprint density at radius 2 is 2.12 bits per heavy atom. The van der Waals surface area contributed by atoms with Crippen molar-refractivity contribution in [3.63, 3.8) is 0 Å². The van der Waals surface area contributed by atoms with E-state index < -0.39 is 0 Å². The highest BCUT2D eigenvalue weighted by Crippen LogP contribution is 2.40. The number of ether oxygens (including phenoxy) is 1. The quantitative estimate of drug-likeness (QED) is 0.868. The highest BCUT2D eigenvalue weighted by Gasteiger charge is 2.35. The van der Waals surface area contributed by atoms with Crippen LogP contribution in [0.2, 0.25) is 0 Å². The molecule has 0 amide bonds. The van der Waals surface area contributed by atoms with Gasteiger partial charge in [0.15, 0.2) is 0 Å². The van der Waals surface area contributed by atoms with Gasteiger partial charge in [-0.15, -0.1) is 0 Å². The number of para-hydroxylation sites is 1. The summed E-state index contributed by atoms with van der Waals surface area (Å²) in [6, 6.07) is 9.70. The maximum atomic E-state index is 6.64. The normalized spacial score (nSPS) is 31.5. The van der Waals surface area contributed by atoms with Gasteiger partial charge in [-0.05, 0) is 63.2 Å². The van der Waals surface area contributed by atoms with E-state index in [0.717, 1.165) is 24.8 Å². The highest BCUT2D eigenvalue weighted by atomic mass is 16.5. The van der Waals surface area contributed by atoms with Gasteiger partial charge in [0.2, 0.25) is 0 Å². The maximum Gasteiger partial charge on any atom is 0.123 e. The SMILES string of the molecule is CCC(Oc1ccccc1C1CC2CCCCN2C1)C1CCCNC1. The maximum absolute atomic E-state index is 6.64. The van der Waals surface area contributed by atoms with E-state index in [1.807, 2.05) is 0 Å². The molecule has 3 aliphatic heterocycles. The molecule has 138 valence electrons. The van der Waals surface area contributed by atoms with Gasteiger partial charge in [0.25, 0.3) is 0 Å². The number of nitrogens with zero attached hydrogens (tertiary/aromatic N) is 1. The summed E-state index contributed by atoms with van der Waals surface area (Å²) in [7, 11) is 0. The molecule has 3 aliphatic rings. The molecule has 0 spiro atoms. The molecule has 1 aromatic carbocycles. The molecule has 3 heterocycles. The van der Waals surface area contributed by atoms with Crippen LogP contribution in [0.3, 0.4) is 0 Å². The van der Waals surface area contributed by atoms with Gasteiger partial charge in [0.1, 0.15) is 11.9 Å². The van der Waals surface area contributed by atoms with Crippen LogP contribution in [0, 0.1) is 5.92 Å². The molecule has 0 aliphatic carbocycles. The summed E-state index contributed by atoms with van der Waals surface area (Å²) >= 11 is 0. The predicted molar refractivity (Wildman–Crippen MR) is 103 cm³/mol. The lowest BCUT2D eigenvalue weighted by molar-refractivity contribution is 0.110. The van der Waals surface area contributed by atoms with E-state index in [-0.39, 0.29) is 0 Å². The van der Waals surface area contributed by atoms with E-state index in [0.29, 0.717) is 17.9 Å². The van der Waals surface area contributed by atoms with Gasteiger partial charge in [-0.3, -0.25) is 4.90 Å². The van der Waals surface area contributed by atoms with Crippen molar-refractivity contribution in [3.05, 3.63) is 29.8 Å². The van der Waals surface area contributed by atoms with E-state index in [1.165, 1.54) is 63.7 Å². The Kier molecular flexibility index (Phi) is 5.62. The summed E-state index contributed by atoms with van der Waals surface area (Å²) in [4.78, 5) is 2.73. The number of hydrogen-bond donors (Lipinski definition) is 1. The smallest absolute Gasteiger partial charge is 0.123 e.